The molecule has 2 aromatic rings. The van der Waals surface area contributed by atoms with E-state index in [-0.39, 0.29) is 6.04 Å². The van der Waals surface area contributed by atoms with Crippen LogP contribution in [-0.2, 0) is 12.8 Å². The Morgan fingerprint density at radius 1 is 1.29 bits per heavy atom. The van der Waals surface area contributed by atoms with Gasteiger partial charge in [0.05, 0.1) is 23.7 Å². The number of nitrogens with one attached hydrogen (secondary N) is 1. The predicted octanol–water partition coefficient (Wildman–Crippen LogP) is 2.64. The summed E-state index contributed by atoms with van der Waals surface area (Å²) in [4.78, 5) is 1.16. The van der Waals surface area contributed by atoms with E-state index in [0.717, 1.165) is 42.0 Å². The average Bonchev–Trinajstić information content (AvgIpc) is 2.97. The summed E-state index contributed by atoms with van der Waals surface area (Å²) in [6, 6.07) is 8.25. The van der Waals surface area contributed by atoms with Crippen LogP contribution in [0.15, 0.2) is 24.3 Å². The first kappa shape index (κ1) is 15.9. The molecule has 0 radical (unpaired) electrons. The standard InChI is InChI=1S/C15H22N4OS/c1-3-4-14-15(21-19-18-14)13(17-16)10-7-11-5-8-12(20-2)9-6-11/h5-6,8-9,13,17H,3-4,7,10,16H2,1-2H3. The molecule has 1 aromatic heterocycles. The molecule has 0 aliphatic rings. The van der Waals surface area contributed by atoms with Gasteiger partial charge >= 0.3 is 0 Å². The highest BCUT2D eigenvalue weighted by Gasteiger charge is 2.17. The van der Waals surface area contributed by atoms with E-state index < -0.39 is 0 Å². The third-order valence-corrected chi connectivity index (χ3v) is 4.35. The van der Waals surface area contributed by atoms with E-state index in [1.807, 2.05) is 12.1 Å². The van der Waals surface area contributed by atoms with Crippen molar-refractivity contribution in [1.29, 1.82) is 0 Å². The van der Waals surface area contributed by atoms with Crippen LogP contribution >= 0.6 is 11.5 Å². The van der Waals surface area contributed by atoms with Gasteiger partial charge in [0.2, 0.25) is 0 Å². The monoisotopic (exact) mass is 306 g/mol. The molecular formula is C15H22N4OS. The summed E-state index contributed by atoms with van der Waals surface area (Å²) in [6.07, 6.45) is 3.88. The number of nitrogens with zero attached hydrogens (tertiary/aromatic N) is 2. The number of aromatic nitrogens is 2. The SMILES string of the molecule is CCCc1nnsc1C(CCc1ccc(OC)cc1)NN. The number of aryl methyl sites for hydroxylation is 2. The summed E-state index contributed by atoms with van der Waals surface area (Å²) < 4.78 is 9.24. The summed E-state index contributed by atoms with van der Waals surface area (Å²) >= 11 is 1.44. The second-order valence-corrected chi connectivity index (χ2v) is 5.73. The molecule has 114 valence electrons. The van der Waals surface area contributed by atoms with Crippen molar-refractivity contribution in [2.75, 3.05) is 7.11 Å². The Hall–Kier alpha value is -1.50. The summed E-state index contributed by atoms with van der Waals surface area (Å²) in [5.41, 5.74) is 5.24. The lowest BCUT2D eigenvalue weighted by Crippen LogP contribution is -2.28. The van der Waals surface area contributed by atoms with Crippen LogP contribution in [0.2, 0.25) is 0 Å². The van der Waals surface area contributed by atoms with Crippen LogP contribution < -0.4 is 16.0 Å². The van der Waals surface area contributed by atoms with Gasteiger partial charge < -0.3 is 4.74 Å². The Morgan fingerprint density at radius 2 is 2.05 bits per heavy atom. The minimum atomic E-state index is 0.105. The van der Waals surface area contributed by atoms with Gasteiger partial charge in [-0.05, 0) is 48.5 Å². The molecule has 0 aliphatic carbocycles. The van der Waals surface area contributed by atoms with Crippen molar-refractivity contribution in [2.45, 2.75) is 38.6 Å². The zero-order valence-corrected chi connectivity index (χ0v) is 13.3. The summed E-state index contributed by atoms with van der Waals surface area (Å²) in [5, 5.41) is 4.21. The van der Waals surface area contributed by atoms with E-state index in [9.17, 15) is 0 Å². The Kier molecular flexibility index (Phi) is 6.10. The third kappa shape index (κ3) is 4.23. The molecule has 3 N–H and O–H groups in total. The number of hydrogen-bond acceptors (Lipinski definition) is 6. The highest BCUT2D eigenvalue weighted by Crippen LogP contribution is 2.25. The number of ether oxygens (including phenoxy) is 1. The number of hydrogen-bond donors (Lipinski definition) is 2. The molecular weight excluding hydrogens is 284 g/mol. The van der Waals surface area contributed by atoms with Gasteiger partial charge in [0, 0.05) is 0 Å². The number of methoxy groups -OCH3 is 1. The van der Waals surface area contributed by atoms with Crippen LogP contribution in [0.1, 0.15) is 41.9 Å². The fraction of sp³-hybridized carbons (Fsp3) is 0.467. The smallest absolute Gasteiger partial charge is 0.118 e. The first-order valence-electron chi connectivity index (χ1n) is 7.18. The molecule has 0 fully saturated rings. The van der Waals surface area contributed by atoms with Gasteiger partial charge in [-0.3, -0.25) is 11.3 Å². The van der Waals surface area contributed by atoms with Crippen molar-refractivity contribution >= 4 is 11.5 Å². The molecule has 1 unspecified atom stereocenters. The third-order valence-electron chi connectivity index (χ3n) is 3.47. The van der Waals surface area contributed by atoms with Crippen molar-refractivity contribution < 1.29 is 4.74 Å². The van der Waals surface area contributed by atoms with Gasteiger partial charge in [-0.15, -0.1) is 5.10 Å². The Balaban J connectivity index is 1.99. The highest BCUT2D eigenvalue weighted by atomic mass is 32.1. The first-order valence-corrected chi connectivity index (χ1v) is 7.96. The van der Waals surface area contributed by atoms with Gasteiger partial charge in [-0.1, -0.05) is 30.0 Å². The summed E-state index contributed by atoms with van der Waals surface area (Å²) in [5.74, 6) is 6.60. The molecule has 0 aliphatic heterocycles. The maximum atomic E-state index is 5.72. The van der Waals surface area contributed by atoms with E-state index in [1.54, 1.807) is 7.11 Å². The van der Waals surface area contributed by atoms with Crippen LogP contribution in [0.25, 0.3) is 0 Å². The van der Waals surface area contributed by atoms with E-state index in [4.69, 9.17) is 10.6 Å². The predicted molar refractivity (Wildman–Crippen MR) is 85.3 cm³/mol. The second-order valence-electron chi connectivity index (χ2n) is 4.94. The Labute approximate surface area is 129 Å². The molecule has 0 amide bonds. The van der Waals surface area contributed by atoms with Gasteiger partial charge in [-0.2, -0.15) is 0 Å². The fourth-order valence-electron chi connectivity index (χ4n) is 2.28. The Morgan fingerprint density at radius 3 is 2.67 bits per heavy atom. The molecule has 0 saturated heterocycles. The number of rotatable bonds is 8. The molecule has 0 saturated carbocycles. The normalized spacial score (nSPS) is 12.3. The van der Waals surface area contributed by atoms with Gasteiger partial charge in [0.1, 0.15) is 5.75 Å². The van der Waals surface area contributed by atoms with Crippen LogP contribution in [0.3, 0.4) is 0 Å². The minimum Gasteiger partial charge on any atom is -0.497 e. The van der Waals surface area contributed by atoms with Crippen molar-refractivity contribution in [3.05, 3.63) is 40.4 Å². The lowest BCUT2D eigenvalue weighted by Gasteiger charge is -2.15. The Bertz CT molecular complexity index is 541. The van der Waals surface area contributed by atoms with E-state index >= 15 is 0 Å². The molecule has 1 heterocycles. The lowest BCUT2D eigenvalue weighted by atomic mass is 10.0. The average molecular weight is 306 g/mol. The van der Waals surface area contributed by atoms with Gasteiger partial charge in [-0.25, -0.2) is 0 Å². The van der Waals surface area contributed by atoms with Crippen LogP contribution in [-0.4, -0.2) is 16.7 Å². The number of hydrazine groups is 1. The van der Waals surface area contributed by atoms with Gasteiger partial charge in [0.15, 0.2) is 0 Å². The van der Waals surface area contributed by atoms with E-state index in [1.165, 1.54) is 17.1 Å². The molecule has 0 spiro atoms. The van der Waals surface area contributed by atoms with Crippen LogP contribution in [0.5, 0.6) is 5.75 Å². The molecule has 5 nitrogen and oxygen atoms in total. The summed E-state index contributed by atoms with van der Waals surface area (Å²) in [6.45, 7) is 2.14. The molecule has 1 atom stereocenters. The van der Waals surface area contributed by atoms with E-state index in [2.05, 4.69) is 34.1 Å². The molecule has 6 heteroatoms. The topological polar surface area (TPSA) is 73.1 Å². The van der Waals surface area contributed by atoms with Crippen molar-refractivity contribution in [3.8, 4) is 5.75 Å². The molecule has 2 rings (SSSR count). The molecule has 1 aromatic carbocycles. The molecule has 21 heavy (non-hydrogen) atoms. The van der Waals surface area contributed by atoms with Crippen molar-refractivity contribution in [2.24, 2.45) is 5.84 Å². The van der Waals surface area contributed by atoms with E-state index in [0.29, 0.717) is 0 Å². The highest BCUT2D eigenvalue weighted by molar-refractivity contribution is 7.05. The number of nitrogens with two attached hydrogens (primary N) is 1. The largest absolute Gasteiger partial charge is 0.497 e. The lowest BCUT2D eigenvalue weighted by molar-refractivity contribution is 0.414. The maximum absolute atomic E-state index is 5.72. The van der Waals surface area contributed by atoms with Crippen molar-refractivity contribution in [1.82, 2.24) is 15.0 Å². The summed E-state index contributed by atoms with van der Waals surface area (Å²) in [7, 11) is 1.68. The van der Waals surface area contributed by atoms with Crippen LogP contribution in [0, 0.1) is 0 Å². The molecule has 0 bridgehead atoms. The van der Waals surface area contributed by atoms with Gasteiger partial charge in [0.25, 0.3) is 0 Å². The first-order chi connectivity index (χ1) is 10.3. The second kappa shape index (κ2) is 8.07. The van der Waals surface area contributed by atoms with Crippen LogP contribution in [0.4, 0.5) is 0 Å². The fourth-order valence-corrected chi connectivity index (χ4v) is 3.07. The quantitative estimate of drug-likeness (QED) is 0.579. The number of benzene rings is 1. The minimum absolute atomic E-state index is 0.105. The zero-order chi connectivity index (χ0) is 15.1. The zero-order valence-electron chi connectivity index (χ0n) is 12.5. The maximum Gasteiger partial charge on any atom is 0.118 e. The van der Waals surface area contributed by atoms with Crippen molar-refractivity contribution in [3.63, 3.8) is 0 Å².